The van der Waals surface area contributed by atoms with Crippen LogP contribution in [0.3, 0.4) is 0 Å². The molecule has 5 atom stereocenters. The van der Waals surface area contributed by atoms with E-state index in [2.05, 4.69) is 44.1 Å². The number of aliphatic hydroxyl groups is 2. The van der Waals surface area contributed by atoms with Crippen LogP contribution in [0, 0.1) is 17.8 Å². The average molecular weight is 362 g/mol. The van der Waals surface area contributed by atoms with Gasteiger partial charge in [0.25, 0.3) is 0 Å². The molecule has 148 valence electrons. The van der Waals surface area contributed by atoms with E-state index >= 15 is 0 Å². The van der Waals surface area contributed by atoms with Crippen LogP contribution >= 0.6 is 0 Å². The molecule has 2 N–H and O–H groups in total. The van der Waals surface area contributed by atoms with Crippen LogP contribution in [0.2, 0.25) is 0 Å². The quantitative estimate of drug-likeness (QED) is 0.425. The normalized spacial score (nSPS) is 29.8. The summed E-state index contributed by atoms with van der Waals surface area (Å²) in [4.78, 5) is 2.25. The summed E-state index contributed by atoms with van der Waals surface area (Å²) in [7, 11) is 4.27. The molecule has 3 nitrogen and oxygen atoms in total. The van der Waals surface area contributed by atoms with Gasteiger partial charge in [-0.3, -0.25) is 0 Å². The molecule has 0 aromatic carbocycles. The second-order valence-electron chi connectivity index (χ2n) is 8.42. The lowest BCUT2D eigenvalue weighted by molar-refractivity contribution is 0.140. The van der Waals surface area contributed by atoms with E-state index in [1.807, 2.05) is 12.2 Å². The van der Waals surface area contributed by atoms with Crippen molar-refractivity contribution in [1.82, 2.24) is 4.90 Å². The molecule has 0 bridgehead atoms. The first-order valence-corrected chi connectivity index (χ1v) is 10.5. The number of hydrogen-bond acceptors (Lipinski definition) is 3. The summed E-state index contributed by atoms with van der Waals surface area (Å²) in [5.74, 6) is 1.28. The molecule has 2 rings (SSSR count). The summed E-state index contributed by atoms with van der Waals surface area (Å²) in [6.45, 7) is 3.28. The fourth-order valence-electron chi connectivity index (χ4n) is 4.48. The number of unbranched alkanes of at least 4 members (excludes halogenated alkanes) is 2. The minimum Gasteiger partial charge on any atom is -0.392 e. The van der Waals surface area contributed by atoms with E-state index < -0.39 is 6.10 Å². The Morgan fingerprint density at radius 3 is 2.77 bits per heavy atom. The molecule has 0 saturated heterocycles. The van der Waals surface area contributed by atoms with Gasteiger partial charge in [-0.1, -0.05) is 49.3 Å². The van der Waals surface area contributed by atoms with E-state index in [0.29, 0.717) is 18.3 Å². The van der Waals surface area contributed by atoms with Gasteiger partial charge >= 0.3 is 0 Å². The zero-order valence-electron chi connectivity index (χ0n) is 17.0. The van der Waals surface area contributed by atoms with Crippen LogP contribution < -0.4 is 0 Å². The van der Waals surface area contributed by atoms with Gasteiger partial charge in [-0.15, -0.1) is 0 Å². The van der Waals surface area contributed by atoms with Crippen molar-refractivity contribution in [3.63, 3.8) is 0 Å². The van der Waals surface area contributed by atoms with Gasteiger partial charge in [0, 0.05) is 5.92 Å². The van der Waals surface area contributed by atoms with Gasteiger partial charge in [0.1, 0.15) is 0 Å². The third-order valence-corrected chi connectivity index (χ3v) is 5.89. The maximum atomic E-state index is 10.4. The van der Waals surface area contributed by atoms with Crippen molar-refractivity contribution < 1.29 is 10.2 Å². The maximum absolute atomic E-state index is 10.4. The van der Waals surface area contributed by atoms with Crippen LogP contribution in [-0.2, 0) is 0 Å². The first-order valence-electron chi connectivity index (χ1n) is 10.5. The lowest BCUT2D eigenvalue weighted by Crippen LogP contribution is -2.18. The molecule has 0 radical (unpaired) electrons. The zero-order chi connectivity index (χ0) is 18.9. The highest BCUT2D eigenvalue weighted by molar-refractivity contribution is 5.21. The van der Waals surface area contributed by atoms with Crippen molar-refractivity contribution in [2.24, 2.45) is 17.8 Å². The molecular formula is C23H39NO2. The molecule has 0 spiro atoms. The van der Waals surface area contributed by atoms with Crippen LogP contribution in [0.5, 0.6) is 0 Å². The Bertz CT molecular complexity index is 494. The Morgan fingerprint density at radius 1 is 1.23 bits per heavy atom. The standard InChI is InChI=1S/C23H39NO2/c1-4-5-7-11-20(25)12-13-21-22-16-18(15-19(22)17-23(21)26)10-8-6-9-14-24(2)3/h5,7,12-13,15,19-23,25-26H,4,6,8-11,14,16-17H2,1-3H3/t19-,20-,21+,22-,23+/m0/s1. The first-order chi connectivity index (χ1) is 12.5. The Morgan fingerprint density at radius 2 is 2.04 bits per heavy atom. The van der Waals surface area contributed by atoms with Gasteiger partial charge in [-0.2, -0.15) is 0 Å². The van der Waals surface area contributed by atoms with Crippen molar-refractivity contribution in [3.05, 3.63) is 36.0 Å². The highest BCUT2D eigenvalue weighted by Crippen LogP contribution is 2.48. The fraction of sp³-hybridized carbons (Fsp3) is 0.739. The highest BCUT2D eigenvalue weighted by atomic mass is 16.3. The molecule has 3 heteroatoms. The molecule has 0 heterocycles. The topological polar surface area (TPSA) is 43.7 Å². The third-order valence-electron chi connectivity index (χ3n) is 5.89. The SMILES string of the molecule is CCC=CC[C@H](O)C=C[C@@H]1[C@H]2CC(CCCCCN(C)C)=C[C@H]2C[C@H]1O. The zero-order valence-corrected chi connectivity index (χ0v) is 17.0. The Labute approximate surface area is 160 Å². The first kappa shape index (κ1) is 21.4. The molecule has 0 aromatic heterocycles. The summed E-state index contributed by atoms with van der Waals surface area (Å²) < 4.78 is 0. The number of hydrogen-bond donors (Lipinski definition) is 2. The monoisotopic (exact) mass is 361 g/mol. The third kappa shape index (κ3) is 6.68. The average Bonchev–Trinajstić information content (AvgIpc) is 3.09. The second-order valence-corrected chi connectivity index (χ2v) is 8.42. The highest BCUT2D eigenvalue weighted by Gasteiger charge is 2.43. The summed E-state index contributed by atoms with van der Waals surface area (Å²) in [6, 6.07) is 0. The minimum absolute atomic E-state index is 0.201. The molecule has 1 fully saturated rings. The smallest absolute Gasteiger partial charge is 0.0755 e. The lowest BCUT2D eigenvalue weighted by Gasteiger charge is -2.18. The Hall–Kier alpha value is -0.900. The number of rotatable bonds is 11. The lowest BCUT2D eigenvalue weighted by atomic mass is 9.88. The number of aliphatic hydroxyl groups excluding tert-OH is 2. The summed E-state index contributed by atoms with van der Waals surface area (Å²) in [5, 5.41) is 20.5. The van der Waals surface area contributed by atoms with Gasteiger partial charge in [-0.05, 0) is 77.4 Å². The van der Waals surface area contributed by atoms with Crippen LogP contribution in [0.4, 0.5) is 0 Å². The fourth-order valence-corrected chi connectivity index (χ4v) is 4.48. The van der Waals surface area contributed by atoms with E-state index in [1.165, 1.54) is 32.2 Å². The van der Waals surface area contributed by atoms with Gasteiger partial charge in [0.05, 0.1) is 12.2 Å². The van der Waals surface area contributed by atoms with Crippen molar-refractivity contribution >= 4 is 0 Å². The Balaban J connectivity index is 1.76. The van der Waals surface area contributed by atoms with E-state index in [9.17, 15) is 10.2 Å². The molecule has 0 amide bonds. The van der Waals surface area contributed by atoms with E-state index in [0.717, 1.165) is 19.3 Å². The van der Waals surface area contributed by atoms with E-state index in [-0.39, 0.29) is 12.0 Å². The predicted octanol–water partition coefficient (Wildman–Crippen LogP) is 4.33. The second kappa shape index (κ2) is 11.1. The molecule has 0 aliphatic heterocycles. The number of nitrogens with zero attached hydrogens (tertiary/aromatic N) is 1. The maximum Gasteiger partial charge on any atom is 0.0755 e. The molecule has 1 saturated carbocycles. The molecule has 26 heavy (non-hydrogen) atoms. The minimum atomic E-state index is -0.436. The van der Waals surface area contributed by atoms with E-state index in [1.54, 1.807) is 5.57 Å². The molecule has 0 aromatic rings. The molecule has 0 unspecified atom stereocenters. The van der Waals surface area contributed by atoms with Crippen LogP contribution in [-0.4, -0.2) is 48.0 Å². The van der Waals surface area contributed by atoms with Crippen molar-refractivity contribution in [2.75, 3.05) is 20.6 Å². The molecule has 2 aliphatic rings. The molecular weight excluding hydrogens is 322 g/mol. The van der Waals surface area contributed by atoms with E-state index in [4.69, 9.17) is 0 Å². The largest absolute Gasteiger partial charge is 0.392 e. The van der Waals surface area contributed by atoms with Gasteiger partial charge in [0.15, 0.2) is 0 Å². The van der Waals surface area contributed by atoms with Gasteiger partial charge in [-0.25, -0.2) is 0 Å². The van der Waals surface area contributed by atoms with Gasteiger partial charge in [0.2, 0.25) is 0 Å². The molecule has 2 aliphatic carbocycles. The number of fused-ring (bicyclic) bond motifs is 1. The van der Waals surface area contributed by atoms with Crippen LogP contribution in [0.1, 0.15) is 58.3 Å². The summed E-state index contributed by atoms with van der Waals surface area (Å²) in [6.07, 6.45) is 18.6. The summed E-state index contributed by atoms with van der Waals surface area (Å²) >= 11 is 0. The van der Waals surface area contributed by atoms with Crippen molar-refractivity contribution in [2.45, 2.75) is 70.5 Å². The van der Waals surface area contributed by atoms with Crippen molar-refractivity contribution in [3.8, 4) is 0 Å². The van der Waals surface area contributed by atoms with Crippen molar-refractivity contribution in [1.29, 1.82) is 0 Å². The van der Waals surface area contributed by atoms with Crippen LogP contribution in [0.25, 0.3) is 0 Å². The Kier molecular flexibility index (Phi) is 9.10. The number of allylic oxidation sites excluding steroid dienone is 3. The van der Waals surface area contributed by atoms with Gasteiger partial charge < -0.3 is 15.1 Å². The van der Waals surface area contributed by atoms with Crippen LogP contribution in [0.15, 0.2) is 36.0 Å². The predicted molar refractivity (Wildman–Crippen MR) is 110 cm³/mol. The summed E-state index contributed by atoms with van der Waals surface area (Å²) in [5.41, 5.74) is 1.60.